The first kappa shape index (κ1) is 12.9. The van der Waals surface area contributed by atoms with Gasteiger partial charge in [-0.05, 0) is 12.1 Å². The molecule has 0 bridgehead atoms. The Bertz CT molecular complexity index is 412. The minimum absolute atomic E-state index is 0.125. The second kappa shape index (κ2) is 5.23. The van der Waals surface area contributed by atoms with Crippen LogP contribution in [0.4, 0.5) is 8.78 Å². The average molecular weight is 250 g/mol. The first-order valence-corrected chi connectivity index (χ1v) is 4.81. The van der Waals surface area contributed by atoms with Crippen molar-refractivity contribution in [1.82, 2.24) is 0 Å². The molecule has 1 atom stereocenters. The van der Waals surface area contributed by atoms with Crippen molar-refractivity contribution in [3.8, 4) is 0 Å². The lowest BCUT2D eigenvalue weighted by molar-refractivity contribution is -0.142. The van der Waals surface area contributed by atoms with Crippen LogP contribution in [0.2, 0.25) is 5.02 Å². The van der Waals surface area contributed by atoms with E-state index >= 15 is 0 Å². The normalized spacial score (nSPS) is 12.3. The van der Waals surface area contributed by atoms with Crippen molar-refractivity contribution in [2.75, 3.05) is 7.11 Å². The standard InChI is InChI=1S/C10H10ClF2NO2/c1-16-10(15)8(14)4-5-6(12)2-3-7(13)9(5)11/h2-3,8H,4,14H2,1H3. The number of hydrogen-bond donors (Lipinski definition) is 1. The number of benzene rings is 1. The van der Waals surface area contributed by atoms with Crippen LogP contribution in [0.15, 0.2) is 12.1 Å². The monoisotopic (exact) mass is 249 g/mol. The Labute approximate surface area is 96.1 Å². The average Bonchev–Trinajstić information content (AvgIpc) is 2.28. The molecule has 0 amide bonds. The van der Waals surface area contributed by atoms with Gasteiger partial charge in [0.15, 0.2) is 0 Å². The fourth-order valence-corrected chi connectivity index (χ4v) is 1.44. The summed E-state index contributed by atoms with van der Waals surface area (Å²) in [6, 6.07) is 0.768. The zero-order chi connectivity index (χ0) is 12.3. The van der Waals surface area contributed by atoms with Crippen molar-refractivity contribution in [3.63, 3.8) is 0 Å². The van der Waals surface area contributed by atoms with E-state index in [2.05, 4.69) is 4.74 Å². The Hall–Kier alpha value is -1.20. The summed E-state index contributed by atoms with van der Waals surface area (Å²) in [5.74, 6) is -2.17. The van der Waals surface area contributed by atoms with Crippen molar-refractivity contribution in [3.05, 3.63) is 34.4 Å². The molecule has 0 aliphatic carbocycles. The molecule has 0 fully saturated rings. The van der Waals surface area contributed by atoms with E-state index in [1.54, 1.807) is 0 Å². The molecule has 0 saturated heterocycles. The molecule has 16 heavy (non-hydrogen) atoms. The van der Waals surface area contributed by atoms with Crippen molar-refractivity contribution in [2.45, 2.75) is 12.5 Å². The summed E-state index contributed by atoms with van der Waals surface area (Å²) in [5.41, 5.74) is 5.30. The van der Waals surface area contributed by atoms with E-state index < -0.39 is 23.6 Å². The molecule has 0 aliphatic rings. The topological polar surface area (TPSA) is 52.3 Å². The number of ether oxygens (including phenoxy) is 1. The number of carbonyl (C=O) groups is 1. The number of nitrogens with two attached hydrogens (primary N) is 1. The summed E-state index contributed by atoms with van der Waals surface area (Å²) >= 11 is 5.57. The highest BCUT2D eigenvalue weighted by Gasteiger charge is 2.20. The predicted molar refractivity (Wildman–Crippen MR) is 55.1 cm³/mol. The van der Waals surface area contributed by atoms with Gasteiger partial charge in [-0.15, -0.1) is 0 Å². The van der Waals surface area contributed by atoms with E-state index in [0.29, 0.717) is 0 Å². The lowest BCUT2D eigenvalue weighted by atomic mass is 10.1. The second-order valence-electron chi connectivity index (χ2n) is 3.16. The molecule has 88 valence electrons. The van der Waals surface area contributed by atoms with Crippen LogP contribution in [-0.4, -0.2) is 19.1 Å². The number of hydrogen-bond acceptors (Lipinski definition) is 3. The molecular weight excluding hydrogens is 240 g/mol. The molecule has 0 saturated carbocycles. The van der Waals surface area contributed by atoms with Crippen LogP contribution in [0.3, 0.4) is 0 Å². The third-order valence-corrected chi connectivity index (χ3v) is 2.48. The summed E-state index contributed by atoms with van der Waals surface area (Å²) in [5, 5.41) is -0.362. The molecule has 3 nitrogen and oxygen atoms in total. The number of esters is 1. The number of halogens is 3. The van der Waals surface area contributed by atoms with Gasteiger partial charge in [-0.2, -0.15) is 0 Å². The van der Waals surface area contributed by atoms with Crippen LogP contribution < -0.4 is 5.73 Å². The Morgan fingerprint density at radius 3 is 2.62 bits per heavy atom. The lowest BCUT2D eigenvalue weighted by Gasteiger charge is -2.11. The highest BCUT2D eigenvalue weighted by Crippen LogP contribution is 2.23. The van der Waals surface area contributed by atoms with Gasteiger partial charge >= 0.3 is 5.97 Å². The van der Waals surface area contributed by atoms with Gasteiger partial charge in [0.2, 0.25) is 0 Å². The number of rotatable bonds is 3. The van der Waals surface area contributed by atoms with E-state index in [4.69, 9.17) is 17.3 Å². The van der Waals surface area contributed by atoms with E-state index in [0.717, 1.165) is 19.2 Å². The Morgan fingerprint density at radius 2 is 2.06 bits per heavy atom. The molecular formula is C10H10ClF2NO2. The maximum Gasteiger partial charge on any atom is 0.322 e. The molecule has 1 rings (SSSR count). The molecule has 6 heteroatoms. The zero-order valence-electron chi connectivity index (χ0n) is 8.47. The summed E-state index contributed by atoms with van der Waals surface area (Å²) in [7, 11) is 1.16. The van der Waals surface area contributed by atoms with Crippen molar-refractivity contribution >= 4 is 17.6 Å². The van der Waals surface area contributed by atoms with Crippen LogP contribution in [0.25, 0.3) is 0 Å². The van der Waals surface area contributed by atoms with Gasteiger partial charge in [-0.25, -0.2) is 8.78 Å². The highest BCUT2D eigenvalue weighted by atomic mass is 35.5. The molecule has 0 radical (unpaired) electrons. The zero-order valence-corrected chi connectivity index (χ0v) is 9.22. The summed E-state index contributed by atoms with van der Waals surface area (Å²) in [6.45, 7) is 0. The first-order valence-electron chi connectivity index (χ1n) is 4.43. The first-order chi connectivity index (χ1) is 7.47. The smallest absolute Gasteiger partial charge is 0.322 e. The third kappa shape index (κ3) is 2.68. The van der Waals surface area contributed by atoms with E-state index in [-0.39, 0.29) is 17.0 Å². The SMILES string of the molecule is COC(=O)C(N)Cc1c(F)ccc(F)c1Cl. The maximum atomic E-state index is 13.3. The number of methoxy groups -OCH3 is 1. The van der Waals surface area contributed by atoms with Gasteiger partial charge in [-0.3, -0.25) is 4.79 Å². The molecule has 2 N–H and O–H groups in total. The van der Waals surface area contributed by atoms with Crippen LogP contribution in [-0.2, 0) is 16.0 Å². The minimum atomic E-state index is -1.07. The minimum Gasteiger partial charge on any atom is -0.468 e. The largest absolute Gasteiger partial charge is 0.468 e. The van der Waals surface area contributed by atoms with Crippen molar-refractivity contribution < 1.29 is 18.3 Å². The van der Waals surface area contributed by atoms with Gasteiger partial charge in [0.1, 0.15) is 17.7 Å². The summed E-state index contributed by atoms with van der Waals surface area (Å²) in [6.07, 6.45) is -0.213. The molecule has 1 aromatic carbocycles. The van der Waals surface area contributed by atoms with Crippen molar-refractivity contribution in [2.24, 2.45) is 5.73 Å². The van der Waals surface area contributed by atoms with E-state index in [1.165, 1.54) is 0 Å². The Morgan fingerprint density at radius 1 is 1.50 bits per heavy atom. The molecule has 0 aromatic heterocycles. The van der Waals surface area contributed by atoms with Gasteiger partial charge in [0, 0.05) is 12.0 Å². The fraction of sp³-hybridized carbons (Fsp3) is 0.300. The molecule has 0 aliphatic heterocycles. The molecule has 1 aromatic rings. The molecule has 1 unspecified atom stereocenters. The van der Waals surface area contributed by atoms with Crippen molar-refractivity contribution in [1.29, 1.82) is 0 Å². The third-order valence-electron chi connectivity index (χ3n) is 2.07. The highest BCUT2D eigenvalue weighted by molar-refractivity contribution is 6.31. The Balaban J connectivity index is 2.97. The summed E-state index contributed by atoms with van der Waals surface area (Å²) in [4.78, 5) is 11.0. The second-order valence-corrected chi connectivity index (χ2v) is 3.53. The van der Waals surface area contributed by atoms with Crippen LogP contribution in [0, 0.1) is 11.6 Å². The van der Waals surface area contributed by atoms with Crippen LogP contribution in [0.5, 0.6) is 0 Å². The van der Waals surface area contributed by atoms with Crippen LogP contribution in [0.1, 0.15) is 5.56 Å². The van der Waals surface area contributed by atoms with Crippen LogP contribution >= 0.6 is 11.6 Å². The maximum absolute atomic E-state index is 13.3. The predicted octanol–water partition coefficient (Wildman–Crippen LogP) is 1.66. The summed E-state index contributed by atoms with van der Waals surface area (Å²) < 4.78 is 30.7. The van der Waals surface area contributed by atoms with Gasteiger partial charge in [-0.1, -0.05) is 11.6 Å². The molecule has 0 heterocycles. The fourth-order valence-electron chi connectivity index (χ4n) is 1.21. The van der Waals surface area contributed by atoms with Gasteiger partial charge in [0.05, 0.1) is 12.1 Å². The van der Waals surface area contributed by atoms with E-state index in [9.17, 15) is 13.6 Å². The van der Waals surface area contributed by atoms with E-state index in [1.807, 2.05) is 0 Å². The quantitative estimate of drug-likeness (QED) is 0.655. The Kier molecular flexibility index (Phi) is 4.20. The number of carbonyl (C=O) groups excluding carboxylic acids is 1. The van der Waals surface area contributed by atoms with Gasteiger partial charge in [0.25, 0.3) is 0 Å². The molecule has 0 spiro atoms. The van der Waals surface area contributed by atoms with Gasteiger partial charge < -0.3 is 10.5 Å². The lowest BCUT2D eigenvalue weighted by Crippen LogP contribution is -2.34.